The van der Waals surface area contributed by atoms with E-state index in [0.29, 0.717) is 41.5 Å². The number of aliphatic hydroxyl groups excluding tert-OH is 2. The van der Waals surface area contributed by atoms with Crippen LogP contribution in [0.5, 0.6) is 0 Å². The lowest BCUT2D eigenvalue weighted by Crippen LogP contribution is -2.42. The van der Waals surface area contributed by atoms with Crippen LogP contribution in [0.4, 0.5) is 5.95 Å². The lowest BCUT2D eigenvalue weighted by atomic mass is 10.1. The summed E-state index contributed by atoms with van der Waals surface area (Å²) in [4.78, 5) is 26.2. The van der Waals surface area contributed by atoms with Crippen molar-refractivity contribution in [1.82, 2.24) is 14.7 Å². The van der Waals surface area contributed by atoms with Crippen LogP contribution in [-0.4, -0.2) is 81.1 Å². The van der Waals surface area contributed by atoms with Crippen LogP contribution in [-0.2, 0) is 9.53 Å². The van der Waals surface area contributed by atoms with Gasteiger partial charge in [0.15, 0.2) is 10.1 Å². The summed E-state index contributed by atoms with van der Waals surface area (Å²) in [6, 6.07) is 4.80. The molecule has 2 heterocycles. The molecule has 1 aliphatic heterocycles. The van der Waals surface area contributed by atoms with Crippen molar-refractivity contribution in [2.45, 2.75) is 31.5 Å². The number of carbonyl (C=O) groups is 1. The summed E-state index contributed by atoms with van der Waals surface area (Å²) in [7, 11) is 0. The monoisotopic (exact) mass is 486 g/mol. The fourth-order valence-electron chi connectivity index (χ4n) is 3.32. The van der Waals surface area contributed by atoms with Gasteiger partial charge in [0.1, 0.15) is 6.10 Å². The molecule has 1 fully saturated rings. The molecule has 0 spiro atoms. The molecule has 0 aliphatic carbocycles. The molecule has 0 bridgehead atoms. The number of β-amino-alcohol motifs (C(OH)–C–C–N with tert-alkyl or cyclic N) is 1. The molecule has 1 unspecified atom stereocenters. The Morgan fingerprint density at radius 1 is 1.40 bits per heavy atom. The van der Waals surface area contributed by atoms with Crippen molar-refractivity contribution in [2.24, 2.45) is 0 Å². The quantitative estimate of drug-likeness (QED) is 0.232. The summed E-state index contributed by atoms with van der Waals surface area (Å²) in [6.07, 6.45) is 0.409. The third-order valence-electron chi connectivity index (χ3n) is 4.88. The van der Waals surface area contributed by atoms with Crippen molar-refractivity contribution >= 4 is 38.9 Å². The highest BCUT2D eigenvalue weighted by atomic mass is 79.9. The van der Waals surface area contributed by atoms with Crippen molar-refractivity contribution in [3.63, 3.8) is 0 Å². The maximum atomic E-state index is 12.1. The third-order valence-corrected chi connectivity index (χ3v) is 5.38. The number of likely N-dealkylation sites (tertiary alicyclic amines) is 1. The number of nitrogens with zero attached hydrogens (tertiary/aromatic N) is 4. The van der Waals surface area contributed by atoms with Crippen molar-refractivity contribution in [3.8, 4) is 0 Å². The number of rotatable bonds is 8. The van der Waals surface area contributed by atoms with E-state index >= 15 is 0 Å². The molecule has 2 aromatic rings. The molecule has 12 heteroatoms. The highest BCUT2D eigenvalue weighted by Gasteiger charge is 2.24. The second-order valence-corrected chi connectivity index (χ2v) is 8.06. The Morgan fingerprint density at radius 2 is 2.13 bits per heavy atom. The van der Waals surface area contributed by atoms with E-state index in [0.717, 1.165) is 4.73 Å². The standard InChI is InChI=1S/C18H25BrN5O6/c19-12-1-2-15-16(9-12)24(29)21-18(23(15)28)20-6-3-17(27)30-14-4-7-22(8-5-14)10-13(26)11-25/h1-2,9,13-14,25-26,28H,3-8,10-11H2,(H,20,21,29)/q+1. The second kappa shape index (κ2) is 10.2. The zero-order valence-corrected chi connectivity index (χ0v) is 17.9. The first kappa shape index (κ1) is 22.4. The van der Waals surface area contributed by atoms with E-state index in [1.165, 1.54) is 0 Å². The average molecular weight is 487 g/mol. The summed E-state index contributed by atoms with van der Waals surface area (Å²) in [5, 5.41) is 35.2. The lowest BCUT2D eigenvalue weighted by Gasteiger charge is -2.32. The number of nitrogens with one attached hydrogen (secondary N) is 1. The van der Waals surface area contributed by atoms with E-state index in [-0.39, 0.29) is 48.6 Å². The zero-order chi connectivity index (χ0) is 21.7. The number of carbonyl (C=O) groups excluding carboxylic acids is 1. The smallest absolute Gasteiger partial charge is 0.323 e. The normalized spacial score (nSPS) is 16.5. The van der Waals surface area contributed by atoms with Crippen molar-refractivity contribution in [2.75, 3.05) is 38.1 Å². The Kier molecular flexibility index (Phi) is 7.58. The van der Waals surface area contributed by atoms with E-state index in [2.05, 4.69) is 26.3 Å². The van der Waals surface area contributed by atoms with Crippen LogP contribution in [0.15, 0.2) is 22.7 Å². The fourth-order valence-corrected chi connectivity index (χ4v) is 3.67. The fraction of sp³-hybridized carbons (Fsp3) is 0.556. The Morgan fingerprint density at radius 3 is 2.83 bits per heavy atom. The first-order valence-electron chi connectivity index (χ1n) is 9.66. The van der Waals surface area contributed by atoms with E-state index in [4.69, 9.17) is 9.84 Å². The van der Waals surface area contributed by atoms with Gasteiger partial charge < -0.3 is 30.4 Å². The van der Waals surface area contributed by atoms with E-state index < -0.39 is 6.10 Å². The van der Waals surface area contributed by atoms with Gasteiger partial charge in [-0.1, -0.05) is 15.9 Å². The largest absolute Gasteiger partial charge is 0.462 e. The zero-order valence-electron chi connectivity index (χ0n) is 16.3. The molecule has 3 rings (SSSR count). The Hall–Kier alpha value is -2.28. The number of fused-ring (bicyclic) bond motifs is 1. The molecule has 1 aromatic heterocycles. The summed E-state index contributed by atoms with van der Waals surface area (Å²) >= 11 is 3.26. The topological polar surface area (TPSA) is 143 Å². The van der Waals surface area contributed by atoms with Crippen LogP contribution < -0.4 is 9.86 Å². The summed E-state index contributed by atoms with van der Waals surface area (Å²) < 4.78 is 7.31. The van der Waals surface area contributed by atoms with Crippen LogP contribution in [0.1, 0.15) is 19.3 Å². The van der Waals surface area contributed by atoms with Gasteiger partial charge in [0.2, 0.25) is 0 Å². The first-order valence-corrected chi connectivity index (χ1v) is 10.5. The minimum absolute atomic E-state index is 0.0440. The van der Waals surface area contributed by atoms with Crippen LogP contribution in [0.2, 0.25) is 0 Å². The molecule has 0 saturated carbocycles. The van der Waals surface area contributed by atoms with E-state index in [1.807, 2.05) is 4.90 Å². The minimum Gasteiger partial charge on any atom is -0.462 e. The SMILES string of the molecule is O=C(CCNc1n[n+](=O)c2cc(Br)ccc2n1O)OC1CCN(CC(O)CO)CC1. The van der Waals surface area contributed by atoms with Gasteiger partial charge in [-0.15, -0.1) is 4.73 Å². The lowest BCUT2D eigenvalue weighted by molar-refractivity contribution is -0.535. The van der Waals surface area contributed by atoms with Crippen LogP contribution >= 0.6 is 15.9 Å². The molecular formula is C18H25BrN5O6+. The Labute approximate surface area is 180 Å². The van der Waals surface area contributed by atoms with Crippen molar-refractivity contribution < 1.29 is 29.5 Å². The number of piperidine rings is 1. The number of hydrogen-bond acceptors (Lipinski definition) is 9. The summed E-state index contributed by atoms with van der Waals surface area (Å²) in [5.41, 5.74) is 0.459. The number of anilines is 1. The first-order chi connectivity index (χ1) is 14.4. The molecule has 164 valence electrons. The molecule has 11 nitrogen and oxygen atoms in total. The maximum absolute atomic E-state index is 12.1. The number of hydrogen-bond donors (Lipinski definition) is 4. The number of esters is 1. The van der Waals surface area contributed by atoms with Gasteiger partial charge in [0.05, 0.1) is 29.1 Å². The molecule has 1 atom stereocenters. The molecule has 0 radical (unpaired) electrons. The maximum Gasteiger partial charge on any atom is 0.323 e. The number of benzene rings is 1. The Balaban J connectivity index is 1.47. The van der Waals surface area contributed by atoms with Gasteiger partial charge in [-0.25, -0.2) is 0 Å². The molecule has 4 N–H and O–H groups in total. The van der Waals surface area contributed by atoms with Crippen LogP contribution in [0, 0.1) is 4.91 Å². The number of aliphatic hydroxyl groups is 2. The van der Waals surface area contributed by atoms with Crippen molar-refractivity contribution in [1.29, 1.82) is 0 Å². The van der Waals surface area contributed by atoms with Gasteiger partial charge in [-0.05, 0) is 25.0 Å². The molecule has 0 amide bonds. The van der Waals surface area contributed by atoms with Gasteiger partial charge in [0.25, 0.3) is 0 Å². The predicted molar refractivity (Wildman–Crippen MR) is 110 cm³/mol. The number of ether oxygens (including phenoxy) is 1. The molecule has 30 heavy (non-hydrogen) atoms. The Bertz CT molecular complexity index is 947. The van der Waals surface area contributed by atoms with Gasteiger partial charge in [-0.3, -0.25) is 4.79 Å². The van der Waals surface area contributed by atoms with Gasteiger partial charge in [-0.2, -0.15) is 0 Å². The molecule has 1 saturated heterocycles. The molecule has 1 aromatic carbocycles. The minimum atomic E-state index is -0.762. The van der Waals surface area contributed by atoms with Crippen molar-refractivity contribution in [3.05, 3.63) is 27.6 Å². The highest BCUT2D eigenvalue weighted by Crippen LogP contribution is 2.18. The predicted octanol–water partition coefficient (Wildman–Crippen LogP) is 0.113. The molecule has 1 aliphatic rings. The van der Waals surface area contributed by atoms with E-state index in [1.54, 1.807) is 18.2 Å². The third kappa shape index (κ3) is 5.65. The van der Waals surface area contributed by atoms with E-state index in [9.17, 15) is 20.0 Å². The second-order valence-electron chi connectivity index (χ2n) is 7.14. The molecular weight excluding hydrogens is 462 g/mol. The average Bonchev–Trinajstić information content (AvgIpc) is 2.73. The summed E-state index contributed by atoms with van der Waals surface area (Å²) in [6.45, 7) is 1.62. The van der Waals surface area contributed by atoms with Crippen LogP contribution in [0.3, 0.4) is 0 Å². The highest BCUT2D eigenvalue weighted by molar-refractivity contribution is 9.10. The number of halogens is 1. The van der Waals surface area contributed by atoms with Gasteiger partial charge >= 0.3 is 17.4 Å². The van der Waals surface area contributed by atoms with Crippen LogP contribution in [0.25, 0.3) is 11.0 Å². The summed E-state index contributed by atoms with van der Waals surface area (Å²) in [5.74, 6) is -0.469. The number of aromatic nitrogens is 3. The van der Waals surface area contributed by atoms with Gasteiger partial charge in [0, 0.05) is 36.7 Å².